The summed E-state index contributed by atoms with van der Waals surface area (Å²) in [6, 6.07) is 11.9. The van der Waals surface area contributed by atoms with Crippen molar-refractivity contribution in [2.45, 2.75) is 18.9 Å². The zero-order valence-corrected chi connectivity index (χ0v) is 17.9. The fourth-order valence-electron chi connectivity index (χ4n) is 3.06. The predicted molar refractivity (Wildman–Crippen MR) is 113 cm³/mol. The highest BCUT2D eigenvalue weighted by Gasteiger charge is 2.35. The van der Waals surface area contributed by atoms with Gasteiger partial charge in [0.05, 0.1) is 17.2 Å². The molecular weight excluding hydrogens is 477 g/mol. The number of aliphatic hydroxyl groups excluding tert-OH is 1. The highest BCUT2D eigenvalue weighted by atomic mass is 79.9. The summed E-state index contributed by atoms with van der Waals surface area (Å²) in [5, 5.41) is 11.4. The maximum absolute atomic E-state index is 14.6. The number of carbonyl (C=O) groups excluding carboxylic acids is 1. The molecule has 0 saturated heterocycles. The van der Waals surface area contributed by atoms with Crippen LogP contribution in [0.4, 0.5) is 13.2 Å². The SMILES string of the molecule is C[C@@H](NC(=O)c1ccc(=O)n(-c2cccc(Br)c2)c1)c1cccc(C(F)(F)CO)c1F. The minimum atomic E-state index is -3.75. The van der Waals surface area contributed by atoms with Crippen LogP contribution in [0.1, 0.15) is 34.5 Å². The number of nitrogens with zero attached hydrogens (tertiary/aromatic N) is 1. The third kappa shape index (κ3) is 4.88. The standard InChI is InChI=1S/C22H18BrF3N2O3/c1-13(17-6-3-7-18(20(17)24)22(25,26)12-29)27-21(31)14-8-9-19(30)28(11-14)16-5-2-4-15(23)10-16/h2-11,13,29H,12H2,1H3,(H,27,31)/t13-/m1/s1. The van der Waals surface area contributed by atoms with Crippen molar-refractivity contribution in [1.29, 1.82) is 0 Å². The summed E-state index contributed by atoms with van der Waals surface area (Å²) in [4.78, 5) is 24.9. The first-order valence-electron chi connectivity index (χ1n) is 9.21. The third-order valence-electron chi connectivity index (χ3n) is 4.69. The molecule has 0 spiro atoms. The molecule has 3 aromatic rings. The van der Waals surface area contributed by atoms with Gasteiger partial charge in [-0.15, -0.1) is 0 Å². The number of carbonyl (C=O) groups is 1. The van der Waals surface area contributed by atoms with Crippen LogP contribution >= 0.6 is 15.9 Å². The fourth-order valence-corrected chi connectivity index (χ4v) is 3.45. The molecule has 0 saturated carbocycles. The summed E-state index contributed by atoms with van der Waals surface area (Å²) in [6.45, 7) is -0.0905. The maximum Gasteiger partial charge on any atom is 0.298 e. The summed E-state index contributed by atoms with van der Waals surface area (Å²) in [6.07, 6.45) is 1.35. The van der Waals surface area contributed by atoms with Crippen LogP contribution in [0.25, 0.3) is 5.69 Å². The number of alkyl halides is 2. The topological polar surface area (TPSA) is 71.3 Å². The number of hydrogen-bond acceptors (Lipinski definition) is 3. The van der Waals surface area contributed by atoms with Gasteiger partial charge in [-0.1, -0.05) is 34.1 Å². The second kappa shape index (κ2) is 9.07. The monoisotopic (exact) mass is 494 g/mol. The van der Waals surface area contributed by atoms with E-state index in [1.54, 1.807) is 24.3 Å². The third-order valence-corrected chi connectivity index (χ3v) is 5.19. The minimum absolute atomic E-state index is 0.128. The molecule has 1 amide bonds. The van der Waals surface area contributed by atoms with E-state index in [2.05, 4.69) is 21.2 Å². The summed E-state index contributed by atoms with van der Waals surface area (Å²) < 4.78 is 44.2. The summed E-state index contributed by atoms with van der Waals surface area (Å²) in [7, 11) is 0. The molecule has 0 aliphatic heterocycles. The van der Waals surface area contributed by atoms with Crippen LogP contribution in [-0.4, -0.2) is 22.2 Å². The Balaban J connectivity index is 1.88. The van der Waals surface area contributed by atoms with Gasteiger partial charge in [-0.05, 0) is 37.3 Å². The van der Waals surface area contributed by atoms with E-state index < -0.39 is 35.9 Å². The Hall–Kier alpha value is -2.91. The fraction of sp³-hybridized carbons (Fsp3) is 0.182. The quantitative estimate of drug-likeness (QED) is 0.536. The van der Waals surface area contributed by atoms with Gasteiger partial charge in [-0.2, -0.15) is 8.78 Å². The Morgan fingerprint density at radius 3 is 2.58 bits per heavy atom. The number of hydrogen-bond donors (Lipinski definition) is 2. The molecule has 162 valence electrons. The molecule has 0 aliphatic rings. The van der Waals surface area contributed by atoms with Crippen molar-refractivity contribution < 1.29 is 23.1 Å². The maximum atomic E-state index is 14.6. The van der Waals surface area contributed by atoms with Gasteiger partial charge in [0.1, 0.15) is 12.4 Å². The summed E-state index contributed by atoms with van der Waals surface area (Å²) in [5.41, 5.74) is -0.792. The second-order valence-corrected chi connectivity index (χ2v) is 7.79. The average molecular weight is 495 g/mol. The number of halogens is 4. The van der Waals surface area contributed by atoms with Crippen molar-refractivity contribution in [1.82, 2.24) is 9.88 Å². The number of aliphatic hydroxyl groups is 1. The zero-order valence-electron chi connectivity index (χ0n) is 16.3. The Morgan fingerprint density at radius 2 is 1.90 bits per heavy atom. The molecule has 1 aromatic heterocycles. The molecule has 2 aromatic carbocycles. The number of nitrogens with one attached hydrogen (secondary N) is 1. The van der Waals surface area contributed by atoms with Crippen molar-refractivity contribution >= 4 is 21.8 Å². The molecule has 1 heterocycles. The van der Waals surface area contributed by atoms with E-state index in [0.717, 1.165) is 10.5 Å². The summed E-state index contributed by atoms with van der Waals surface area (Å²) >= 11 is 3.32. The van der Waals surface area contributed by atoms with Gasteiger partial charge in [0.25, 0.3) is 17.4 Å². The largest absolute Gasteiger partial charge is 0.390 e. The lowest BCUT2D eigenvalue weighted by Gasteiger charge is -2.20. The molecule has 0 bridgehead atoms. The molecule has 5 nitrogen and oxygen atoms in total. The number of pyridine rings is 1. The van der Waals surface area contributed by atoms with Crippen LogP contribution in [0.3, 0.4) is 0 Å². The second-order valence-electron chi connectivity index (χ2n) is 6.87. The number of benzene rings is 2. The van der Waals surface area contributed by atoms with Gasteiger partial charge in [0.15, 0.2) is 0 Å². The molecule has 0 unspecified atom stereocenters. The molecule has 31 heavy (non-hydrogen) atoms. The van der Waals surface area contributed by atoms with Crippen molar-refractivity contribution in [2.24, 2.45) is 0 Å². The van der Waals surface area contributed by atoms with Gasteiger partial charge in [-0.25, -0.2) is 4.39 Å². The Bertz CT molecular complexity index is 1180. The molecule has 0 radical (unpaired) electrons. The first-order chi connectivity index (χ1) is 14.6. The van der Waals surface area contributed by atoms with E-state index in [1.165, 1.54) is 42.0 Å². The van der Waals surface area contributed by atoms with E-state index >= 15 is 0 Å². The first kappa shape index (κ1) is 22.8. The highest BCUT2D eigenvalue weighted by molar-refractivity contribution is 9.10. The number of rotatable bonds is 6. The van der Waals surface area contributed by atoms with Crippen molar-refractivity contribution in [3.8, 4) is 5.69 Å². The Kier molecular flexibility index (Phi) is 6.66. The van der Waals surface area contributed by atoms with Crippen LogP contribution in [-0.2, 0) is 5.92 Å². The normalized spacial score (nSPS) is 12.5. The Morgan fingerprint density at radius 1 is 1.19 bits per heavy atom. The number of aromatic nitrogens is 1. The molecule has 0 fully saturated rings. The van der Waals surface area contributed by atoms with Crippen LogP contribution in [0.2, 0.25) is 0 Å². The van der Waals surface area contributed by atoms with Crippen LogP contribution in [0.5, 0.6) is 0 Å². The molecular formula is C22H18BrF3N2O3. The molecule has 1 atom stereocenters. The zero-order chi connectivity index (χ0) is 22.8. The van der Waals surface area contributed by atoms with Crippen molar-refractivity contribution in [3.63, 3.8) is 0 Å². The van der Waals surface area contributed by atoms with Crippen molar-refractivity contribution in [2.75, 3.05) is 6.61 Å². The predicted octanol–water partition coefficient (Wildman–Crippen LogP) is 4.31. The Labute approximate surface area is 184 Å². The van der Waals surface area contributed by atoms with Gasteiger partial charge >= 0.3 is 0 Å². The lowest BCUT2D eigenvalue weighted by Crippen LogP contribution is -2.30. The molecule has 2 N–H and O–H groups in total. The number of amides is 1. The minimum Gasteiger partial charge on any atom is -0.390 e. The van der Waals surface area contributed by atoms with Crippen LogP contribution < -0.4 is 10.9 Å². The molecule has 3 rings (SSSR count). The molecule has 0 aliphatic carbocycles. The van der Waals surface area contributed by atoms with Gasteiger partial charge in [0, 0.05) is 28.0 Å². The first-order valence-corrected chi connectivity index (χ1v) is 10.0. The highest BCUT2D eigenvalue weighted by Crippen LogP contribution is 2.32. The van der Waals surface area contributed by atoms with E-state index in [4.69, 9.17) is 5.11 Å². The summed E-state index contributed by atoms with van der Waals surface area (Å²) in [5.74, 6) is -5.56. The van der Waals surface area contributed by atoms with E-state index in [1.807, 2.05) is 0 Å². The van der Waals surface area contributed by atoms with E-state index in [9.17, 15) is 22.8 Å². The van der Waals surface area contributed by atoms with Gasteiger partial charge in [0.2, 0.25) is 0 Å². The van der Waals surface area contributed by atoms with Crippen LogP contribution in [0.15, 0.2) is 70.1 Å². The van der Waals surface area contributed by atoms with E-state index in [0.29, 0.717) is 5.69 Å². The van der Waals surface area contributed by atoms with E-state index in [-0.39, 0.29) is 16.7 Å². The van der Waals surface area contributed by atoms with Gasteiger partial charge < -0.3 is 10.4 Å². The molecule has 9 heteroatoms. The van der Waals surface area contributed by atoms with Crippen LogP contribution in [0, 0.1) is 5.82 Å². The average Bonchev–Trinajstić information content (AvgIpc) is 2.73. The van der Waals surface area contributed by atoms with Gasteiger partial charge in [-0.3, -0.25) is 14.2 Å². The smallest absolute Gasteiger partial charge is 0.298 e. The lowest BCUT2D eigenvalue weighted by molar-refractivity contribution is -0.0584. The lowest BCUT2D eigenvalue weighted by atomic mass is 10.00. The van der Waals surface area contributed by atoms with Crippen molar-refractivity contribution in [3.05, 3.63) is 98.1 Å².